The van der Waals surface area contributed by atoms with Gasteiger partial charge in [-0.2, -0.15) is 0 Å². The lowest BCUT2D eigenvalue weighted by Crippen LogP contribution is -2.34. The van der Waals surface area contributed by atoms with Gasteiger partial charge in [-0.15, -0.1) is 0 Å². The number of aldehydes is 1. The van der Waals surface area contributed by atoms with Gasteiger partial charge in [0, 0.05) is 11.8 Å². The van der Waals surface area contributed by atoms with Crippen molar-refractivity contribution >= 4 is 41.1 Å². The Morgan fingerprint density at radius 1 is 1.43 bits per heavy atom. The molecule has 0 aromatic rings. The lowest BCUT2D eigenvalue weighted by molar-refractivity contribution is -0.111. The van der Waals surface area contributed by atoms with Gasteiger partial charge in [0.05, 0.1) is 0 Å². The maximum atomic E-state index is 10.8. The van der Waals surface area contributed by atoms with E-state index in [2.05, 4.69) is 13.8 Å². The molecule has 0 saturated heterocycles. The summed E-state index contributed by atoms with van der Waals surface area (Å²) in [6.45, 7) is 4.13. The molecule has 0 bridgehead atoms. The first kappa shape index (κ1) is 12.4. The molecule has 0 aromatic carbocycles. The molecule has 4 heteroatoms. The summed E-state index contributed by atoms with van der Waals surface area (Å²) < 4.78 is -1.37. The van der Waals surface area contributed by atoms with E-state index in [0.717, 1.165) is 6.29 Å². The number of carbonyl (C=O) groups excluding carboxylic acids is 1. The average molecular weight is 256 g/mol. The van der Waals surface area contributed by atoms with Gasteiger partial charge in [0.2, 0.25) is 0 Å². The van der Waals surface area contributed by atoms with E-state index in [4.69, 9.17) is 34.8 Å². The van der Waals surface area contributed by atoms with E-state index >= 15 is 0 Å². The van der Waals surface area contributed by atoms with E-state index in [9.17, 15) is 4.79 Å². The fourth-order valence-corrected chi connectivity index (χ4v) is 2.42. The van der Waals surface area contributed by atoms with Crippen molar-refractivity contribution in [1.82, 2.24) is 0 Å². The van der Waals surface area contributed by atoms with Crippen LogP contribution >= 0.6 is 34.8 Å². The number of rotatable bonds is 1. The van der Waals surface area contributed by atoms with Crippen LogP contribution in [0.4, 0.5) is 0 Å². The number of hydrogen-bond acceptors (Lipinski definition) is 1. The lowest BCUT2D eigenvalue weighted by atomic mass is 9.73. The van der Waals surface area contributed by atoms with Gasteiger partial charge in [0.15, 0.2) is 3.79 Å². The van der Waals surface area contributed by atoms with Crippen molar-refractivity contribution in [3.05, 3.63) is 12.2 Å². The predicted octanol–water partition coefficient (Wildman–Crippen LogP) is 3.77. The number of alkyl halides is 3. The first-order valence-corrected chi connectivity index (χ1v) is 5.61. The third-order valence-corrected chi connectivity index (χ3v) is 3.40. The van der Waals surface area contributed by atoms with E-state index in [1.54, 1.807) is 0 Å². The van der Waals surface area contributed by atoms with Crippen molar-refractivity contribution in [3.8, 4) is 0 Å². The molecular formula is C10H13Cl3O. The van der Waals surface area contributed by atoms with E-state index in [1.807, 2.05) is 12.2 Å². The molecular weight excluding hydrogens is 242 g/mol. The summed E-state index contributed by atoms with van der Waals surface area (Å²) in [4.78, 5) is 10.8. The second-order valence-electron chi connectivity index (χ2n) is 4.41. The zero-order valence-corrected chi connectivity index (χ0v) is 10.4. The quantitative estimate of drug-likeness (QED) is 0.396. The van der Waals surface area contributed by atoms with Gasteiger partial charge in [-0.25, -0.2) is 0 Å². The summed E-state index contributed by atoms with van der Waals surface area (Å²) in [5.74, 6) is -0.513. The Kier molecular flexibility index (Phi) is 3.56. The Labute approximate surface area is 99.4 Å². The third kappa shape index (κ3) is 2.88. The number of allylic oxidation sites excluding steroid dienone is 2. The van der Waals surface area contributed by atoms with Gasteiger partial charge in [0.25, 0.3) is 0 Å². The maximum Gasteiger partial charge on any atom is 0.194 e. The highest BCUT2D eigenvalue weighted by Crippen LogP contribution is 2.48. The fraction of sp³-hybridized carbons (Fsp3) is 0.700. The van der Waals surface area contributed by atoms with Crippen molar-refractivity contribution in [1.29, 1.82) is 0 Å². The molecule has 0 radical (unpaired) electrons. The van der Waals surface area contributed by atoms with Gasteiger partial charge >= 0.3 is 0 Å². The molecule has 0 spiro atoms. The van der Waals surface area contributed by atoms with Crippen LogP contribution in [0, 0.1) is 17.3 Å². The standard InChI is InChI=1S/C10H13Cl3O/c1-9(2)4-3-7(6-14)8(5-9)10(11,12)13/h3-4,6-8H,5H2,1-2H3. The molecule has 1 nitrogen and oxygen atoms in total. The summed E-state index contributed by atoms with van der Waals surface area (Å²) >= 11 is 17.6. The van der Waals surface area contributed by atoms with Crippen LogP contribution in [0.25, 0.3) is 0 Å². The van der Waals surface area contributed by atoms with E-state index in [0.29, 0.717) is 6.42 Å². The zero-order chi connectivity index (χ0) is 11.0. The van der Waals surface area contributed by atoms with Gasteiger partial charge in [-0.05, 0) is 11.8 Å². The average Bonchev–Trinajstić information content (AvgIpc) is 2.01. The van der Waals surface area contributed by atoms with Crippen molar-refractivity contribution in [2.75, 3.05) is 0 Å². The predicted molar refractivity (Wildman–Crippen MR) is 60.9 cm³/mol. The highest BCUT2D eigenvalue weighted by molar-refractivity contribution is 6.67. The minimum Gasteiger partial charge on any atom is -0.303 e. The van der Waals surface area contributed by atoms with E-state index in [-0.39, 0.29) is 17.3 Å². The smallest absolute Gasteiger partial charge is 0.194 e. The molecule has 80 valence electrons. The number of hydrogen-bond donors (Lipinski definition) is 0. The number of halogens is 3. The number of carbonyl (C=O) groups is 1. The van der Waals surface area contributed by atoms with Crippen molar-refractivity contribution in [3.63, 3.8) is 0 Å². The summed E-state index contributed by atoms with van der Waals surface area (Å²) in [7, 11) is 0. The Bertz CT molecular complexity index is 253. The molecule has 1 aliphatic carbocycles. The SMILES string of the molecule is CC1(C)C=CC(C=O)C(C(Cl)(Cl)Cl)C1. The molecule has 0 aromatic heterocycles. The highest BCUT2D eigenvalue weighted by Gasteiger charge is 2.42. The first-order valence-electron chi connectivity index (χ1n) is 4.48. The zero-order valence-electron chi connectivity index (χ0n) is 8.14. The minimum atomic E-state index is -1.37. The van der Waals surface area contributed by atoms with Crippen LogP contribution in [0.2, 0.25) is 0 Å². The topological polar surface area (TPSA) is 17.1 Å². The molecule has 0 N–H and O–H groups in total. The minimum absolute atomic E-state index is 0.00586. The second kappa shape index (κ2) is 4.03. The Morgan fingerprint density at radius 2 is 2.00 bits per heavy atom. The van der Waals surface area contributed by atoms with Gasteiger partial charge in [0.1, 0.15) is 6.29 Å². The largest absolute Gasteiger partial charge is 0.303 e. The van der Waals surface area contributed by atoms with Crippen molar-refractivity contribution in [2.24, 2.45) is 17.3 Å². The summed E-state index contributed by atoms with van der Waals surface area (Å²) in [5, 5.41) is 0. The van der Waals surface area contributed by atoms with Crippen LogP contribution in [-0.4, -0.2) is 10.1 Å². The van der Waals surface area contributed by atoms with Crippen LogP contribution < -0.4 is 0 Å². The Hall–Kier alpha value is 0.280. The lowest BCUT2D eigenvalue weighted by Gasteiger charge is -2.37. The van der Waals surface area contributed by atoms with Crippen molar-refractivity contribution in [2.45, 2.75) is 24.1 Å². The van der Waals surface area contributed by atoms with Crippen LogP contribution in [-0.2, 0) is 4.79 Å². The van der Waals surface area contributed by atoms with Crippen LogP contribution in [0.1, 0.15) is 20.3 Å². The van der Waals surface area contributed by atoms with Crippen molar-refractivity contribution < 1.29 is 4.79 Å². The monoisotopic (exact) mass is 254 g/mol. The molecule has 2 unspecified atom stereocenters. The molecule has 1 aliphatic rings. The fourth-order valence-electron chi connectivity index (χ4n) is 1.75. The van der Waals surface area contributed by atoms with Gasteiger partial charge in [-0.1, -0.05) is 60.8 Å². The summed E-state index contributed by atoms with van der Waals surface area (Å²) in [6.07, 6.45) is 5.41. The molecule has 0 saturated carbocycles. The Balaban J connectivity index is 2.94. The molecule has 0 heterocycles. The summed E-state index contributed by atoms with van der Waals surface area (Å²) in [6, 6.07) is 0. The maximum absolute atomic E-state index is 10.8. The molecule has 2 atom stereocenters. The summed E-state index contributed by atoms with van der Waals surface area (Å²) in [5.41, 5.74) is -0.00586. The molecule has 0 amide bonds. The van der Waals surface area contributed by atoms with E-state index < -0.39 is 3.79 Å². The first-order chi connectivity index (χ1) is 6.26. The molecule has 1 rings (SSSR count). The normalized spacial score (nSPS) is 31.5. The molecule has 0 aliphatic heterocycles. The van der Waals surface area contributed by atoms with Crippen LogP contribution in [0.5, 0.6) is 0 Å². The van der Waals surface area contributed by atoms with Crippen LogP contribution in [0.3, 0.4) is 0 Å². The highest BCUT2D eigenvalue weighted by atomic mass is 35.6. The second-order valence-corrected chi connectivity index (χ2v) is 6.78. The van der Waals surface area contributed by atoms with Gasteiger partial charge < -0.3 is 4.79 Å². The van der Waals surface area contributed by atoms with Crippen LogP contribution in [0.15, 0.2) is 12.2 Å². The Morgan fingerprint density at radius 3 is 2.43 bits per heavy atom. The molecule has 14 heavy (non-hydrogen) atoms. The third-order valence-electron chi connectivity index (χ3n) is 2.56. The van der Waals surface area contributed by atoms with E-state index in [1.165, 1.54) is 0 Å². The molecule has 0 fully saturated rings. The van der Waals surface area contributed by atoms with Gasteiger partial charge in [-0.3, -0.25) is 0 Å².